The maximum absolute atomic E-state index is 10.7. The van der Waals surface area contributed by atoms with Crippen LogP contribution in [0.2, 0.25) is 0 Å². The molecule has 0 fully saturated rings. The Labute approximate surface area is 221 Å². The molecule has 1 atom stereocenters. The van der Waals surface area contributed by atoms with Crippen molar-refractivity contribution in [3.8, 4) is 0 Å². The van der Waals surface area contributed by atoms with Gasteiger partial charge in [0.05, 0.1) is 5.66 Å². The standard InChI is InChI=1S/C20H40O2.C5H14N2.Ca.2H/c1-3-5-6-7-8-9-10-11-12-13-14-15-16-17-19(4-2)18-20(21)22;1-3-5(6,7)4-2;;;/h19H,3-18H2,1-2H3,(H,21,22);3-4,6-7H2,1-2H3;;;/q;;+2;2*-1. The molecule has 0 aromatic carbocycles. The first kappa shape index (κ1) is 35.2. The van der Waals surface area contributed by atoms with E-state index >= 15 is 0 Å². The third-order valence-corrected chi connectivity index (χ3v) is 6.07. The third kappa shape index (κ3) is 28.6. The molecule has 30 heavy (non-hydrogen) atoms. The van der Waals surface area contributed by atoms with Gasteiger partial charge in [0.15, 0.2) is 0 Å². The molecule has 0 saturated heterocycles. The Morgan fingerprint density at radius 3 is 1.40 bits per heavy atom. The Bertz CT molecular complexity index is 357. The van der Waals surface area contributed by atoms with Gasteiger partial charge in [-0.1, -0.05) is 118 Å². The van der Waals surface area contributed by atoms with Crippen LogP contribution in [0.15, 0.2) is 0 Å². The number of aliphatic carboxylic acids is 1. The molecule has 0 radical (unpaired) electrons. The summed E-state index contributed by atoms with van der Waals surface area (Å²) in [7, 11) is 0. The second kappa shape index (κ2) is 25.9. The van der Waals surface area contributed by atoms with Crippen molar-refractivity contribution in [3.05, 3.63) is 0 Å². The molecule has 1 unspecified atom stereocenters. The smallest absolute Gasteiger partial charge is 1.00 e. The van der Waals surface area contributed by atoms with Crippen LogP contribution >= 0.6 is 0 Å². The van der Waals surface area contributed by atoms with Crippen LogP contribution in [0.3, 0.4) is 0 Å². The van der Waals surface area contributed by atoms with Crippen LogP contribution in [0, 0.1) is 5.92 Å². The van der Waals surface area contributed by atoms with Gasteiger partial charge >= 0.3 is 43.7 Å². The molecular formula is C25H56CaN2O2. The molecule has 0 bridgehead atoms. The van der Waals surface area contributed by atoms with E-state index in [-0.39, 0.29) is 40.6 Å². The summed E-state index contributed by atoms with van der Waals surface area (Å²) in [6.45, 7) is 8.36. The van der Waals surface area contributed by atoms with Crippen molar-refractivity contribution in [1.82, 2.24) is 0 Å². The number of carboxylic acid groups (broad SMARTS) is 1. The molecule has 0 aromatic rings. The molecule has 0 rings (SSSR count). The zero-order valence-corrected chi connectivity index (χ0v) is 23.2. The number of nitrogens with two attached hydrogens (primary N) is 2. The molecule has 0 aliphatic rings. The van der Waals surface area contributed by atoms with Gasteiger partial charge in [0, 0.05) is 6.42 Å². The Hall–Kier alpha value is 0.650. The van der Waals surface area contributed by atoms with E-state index < -0.39 is 11.6 Å². The topological polar surface area (TPSA) is 89.3 Å². The van der Waals surface area contributed by atoms with Crippen molar-refractivity contribution in [1.29, 1.82) is 0 Å². The van der Waals surface area contributed by atoms with Gasteiger partial charge < -0.3 is 19.4 Å². The summed E-state index contributed by atoms with van der Waals surface area (Å²) in [4.78, 5) is 10.7. The normalized spacial score (nSPS) is 11.9. The fourth-order valence-corrected chi connectivity index (χ4v) is 3.40. The minimum Gasteiger partial charge on any atom is -1.00 e. The number of hydrogen-bond donors (Lipinski definition) is 3. The van der Waals surface area contributed by atoms with Gasteiger partial charge in [0.2, 0.25) is 0 Å². The second-order valence-corrected chi connectivity index (χ2v) is 8.84. The van der Waals surface area contributed by atoms with Gasteiger partial charge in [-0.25, -0.2) is 0 Å². The molecule has 0 aromatic heterocycles. The Kier molecular flexibility index (Phi) is 30.4. The summed E-state index contributed by atoms with van der Waals surface area (Å²) in [5.41, 5.74) is 10.6. The second-order valence-electron chi connectivity index (χ2n) is 8.84. The number of carbonyl (C=O) groups is 1. The summed E-state index contributed by atoms with van der Waals surface area (Å²) in [6.07, 6.45) is 22.0. The minimum atomic E-state index is -0.637. The third-order valence-electron chi connectivity index (χ3n) is 6.07. The molecule has 0 heterocycles. The van der Waals surface area contributed by atoms with Gasteiger partial charge in [-0.15, -0.1) is 0 Å². The number of hydrogen-bond acceptors (Lipinski definition) is 3. The van der Waals surface area contributed by atoms with Crippen LogP contribution in [0.4, 0.5) is 0 Å². The van der Waals surface area contributed by atoms with Gasteiger partial charge in [0.1, 0.15) is 0 Å². The quantitative estimate of drug-likeness (QED) is 0.109. The molecular weight excluding hydrogens is 400 g/mol. The van der Waals surface area contributed by atoms with E-state index in [2.05, 4.69) is 13.8 Å². The van der Waals surface area contributed by atoms with E-state index in [0.717, 1.165) is 25.7 Å². The van der Waals surface area contributed by atoms with Gasteiger partial charge in [0.25, 0.3) is 0 Å². The van der Waals surface area contributed by atoms with Crippen molar-refractivity contribution < 1.29 is 12.8 Å². The predicted molar refractivity (Wildman–Crippen MR) is 136 cm³/mol. The van der Waals surface area contributed by atoms with E-state index in [1.807, 2.05) is 13.8 Å². The SMILES string of the molecule is CCC(N)(N)CC.CCCCCCCCCCCCCCCC(CC)CC(=O)O.[Ca+2].[H-].[H-]. The van der Waals surface area contributed by atoms with E-state index in [0.29, 0.717) is 12.3 Å². The molecule has 0 aliphatic heterocycles. The number of rotatable bonds is 19. The van der Waals surface area contributed by atoms with Crippen LogP contribution in [-0.4, -0.2) is 54.5 Å². The minimum absolute atomic E-state index is 0. The van der Waals surface area contributed by atoms with E-state index in [4.69, 9.17) is 16.6 Å². The summed E-state index contributed by atoms with van der Waals surface area (Å²) < 4.78 is 0. The first-order valence-electron chi connectivity index (χ1n) is 12.6. The summed E-state index contributed by atoms with van der Waals surface area (Å²) in [6, 6.07) is 0. The maximum atomic E-state index is 10.7. The molecule has 0 spiro atoms. The van der Waals surface area contributed by atoms with E-state index in [9.17, 15) is 4.79 Å². The van der Waals surface area contributed by atoms with Crippen molar-refractivity contribution in [2.75, 3.05) is 0 Å². The Morgan fingerprint density at radius 2 is 1.13 bits per heavy atom. The molecule has 0 aliphatic carbocycles. The van der Waals surface area contributed by atoms with Crippen LogP contribution < -0.4 is 11.5 Å². The zero-order chi connectivity index (χ0) is 22.4. The van der Waals surface area contributed by atoms with Crippen molar-refractivity contribution in [2.45, 2.75) is 149 Å². The Morgan fingerprint density at radius 1 is 0.767 bits per heavy atom. The van der Waals surface area contributed by atoms with Crippen molar-refractivity contribution in [2.24, 2.45) is 17.4 Å². The molecule has 5 heteroatoms. The maximum Gasteiger partial charge on any atom is 2.00 e. The molecule has 4 nitrogen and oxygen atoms in total. The number of carboxylic acids is 1. The average Bonchev–Trinajstić information content (AvgIpc) is 2.70. The molecule has 0 amide bonds. The summed E-state index contributed by atoms with van der Waals surface area (Å²) >= 11 is 0. The van der Waals surface area contributed by atoms with E-state index in [1.54, 1.807) is 0 Å². The largest absolute Gasteiger partial charge is 2.00 e. The zero-order valence-electron chi connectivity index (χ0n) is 23.0. The van der Waals surface area contributed by atoms with Crippen LogP contribution in [0.1, 0.15) is 146 Å². The first-order valence-corrected chi connectivity index (χ1v) is 12.6. The van der Waals surface area contributed by atoms with Crippen LogP contribution in [0.5, 0.6) is 0 Å². The van der Waals surface area contributed by atoms with Crippen LogP contribution in [0.25, 0.3) is 0 Å². The van der Waals surface area contributed by atoms with Crippen LogP contribution in [-0.2, 0) is 4.79 Å². The first-order chi connectivity index (χ1) is 13.8. The average molecular weight is 457 g/mol. The molecule has 180 valence electrons. The van der Waals surface area contributed by atoms with Gasteiger partial charge in [-0.2, -0.15) is 0 Å². The monoisotopic (exact) mass is 456 g/mol. The Balaban J connectivity index is -0.000000211. The molecule has 0 saturated carbocycles. The van der Waals surface area contributed by atoms with Crippen molar-refractivity contribution in [3.63, 3.8) is 0 Å². The number of unbranched alkanes of at least 4 members (excludes halogenated alkanes) is 12. The fourth-order valence-electron chi connectivity index (χ4n) is 3.40. The van der Waals surface area contributed by atoms with Gasteiger partial charge in [-0.3, -0.25) is 4.79 Å². The summed E-state index contributed by atoms with van der Waals surface area (Å²) in [5.74, 6) is -0.244. The predicted octanol–water partition coefficient (Wildman–Crippen LogP) is 7.23. The summed E-state index contributed by atoms with van der Waals surface area (Å²) in [5, 5.41) is 8.82. The fraction of sp³-hybridized carbons (Fsp3) is 0.960. The van der Waals surface area contributed by atoms with Crippen molar-refractivity contribution >= 4 is 43.7 Å². The van der Waals surface area contributed by atoms with Gasteiger partial charge in [-0.05, 0) is 25.2 Å². The molecule has 5 N–H and O–H groups in total. The van der Waals surface area contributed by atoms with E-state index in [1.165, 1.54) is 83.5 Å².